The van der Waals surface area contributed by atoms with Gasteiger partial charge in [0.15, 0.2) is 0 Å². The molecule has 1 aliphatic rings. The van der Waals surface area contributed by atoms with Gasteiger partial charge in [-0.2, -0.15) is 0 Å². The summed E-state index contributed by atoms with van der Waals surface area (Å²) in [5, 5.41) is 4.88. The van der Waals surface area contributed by atoms with Gasteiger partial charge in [0.1, 0.15) is 23.1 Å². The summed E-state index contributed by atoms with van der Waals surface area (Å²) in [6.45, 7) is 0. The third kappa shape index (κ3) is 3.47. The first kappa shape index (κ1) is 21.3. The van der Waals surface area contributed by atoms with Gasteiger partial charge >= 0.3 is 0 Å². The van der Waals surface area contributed by atoms with E-state index in [-0.39, 0.29) is 17.0 Å². The fourth-order valence-electron chi connectivity index (χ4n) is 4.10. The lowest BCUT2D eigenvalue weighted by molar-refractivity contribution is -0.120. The highest BCUT2D eigenvalue weighted by Crippen LogP contribution is 2.39. The van der Waals surface area contributed by atoms with E-state index in [1.807, 2.05) is 36.4 Å². The molecule has 0 radical (unpaired) electrons. The number of nitrogens with zero attached hydrogens (tertiary/aromatic N) is 1. The number of para-hydroxylation sites is 1. The number of methoxy groups -OCH3 is 1. The van der Waals surface area contributed by atoms with Crippen LogP contribution >= 0.6 is 0 Å². The number of fused-ring (bicyclic) bond motifs is 1. The van der Waals surface area contributed by atoms with Gasteiger partial charge in [0.2, 0.25) is 0 Å². The summed E-state index contributed by atoms with van der Waals surface area (Å²) < 4.78 is 33.6. The van der Waals surface area contributed by atoms with Crippen LogP contribution in [0.25, 0.3) is 16.3 Å². The Hall–Kier alpha value is -4.52. The highest BCUT2D eigenvalue weighted by molar-refractivity contribution is 6.46. The molecular formula is C27H18F2N2O3. The van der Waals surface area contributed by atoms with Crippen molar-refractivity contribution in [2.45, 2.75) is 0 Å². The minimum absolute atomic E-state index is 0.0270. The zero-order chi connectivity index (χ0) is 23.8. The first-order chi connectivity index (χ1) is 16.5. The van der Waals surface area contributed by atoms with Crippen molar-refractivity contribution in [1.82, 2.24) is 0 Å². The average molecular weight is 456 g/mol. The van der Waals surface area contributed by atoms with Crippen molar-refractivity contribution in [3.8, 4) is 5.75 Å². The number of anilines is 2. The lowest BCUT2D eigenvalue weighted by Crippen LogP contribution is -2.33. The first-order valence-corrected chi connectivity index (χ1v) is 10.5. The Kier molecular flexibility index (Phi) is 5.30. The maximum atomic E-state index is 14.6. The second-order valence-corrected chi connectivity index (χ2v) is 7.64. The standard InChI is InChI=1S/C27H18F2N2O3/c1-34-23-12-5-4-10-19(23)24-25(30-21-11-6-8-16-7-2-3-9-18(16)21)27(33)31(26(24)32)22-14-13-17(28)15-20(22)29/h2-15,30H,1H3. The number of halogens is 2. The van der Waals surface area contributed by atoms with Crippen molar-refractivity contribution in [2.75, 3.05) is 17.3 Å². The number of benzene rings is 4. The summed E-state index contributed by atoms with van der Waals surface area (Å²) in [4.78, 5) is 27.9. The number of ether oxygens (including phenoxy) is 1. The van der Waals surface area contributed by atoms with Crippen LogP contribution in [0, 0.1) is 11.6 Å². The minimum atomic E-state index is -1.02. The maximum absolute atomic E-state index is 14.6. The highest BCUT2D eigenvalue weighted by Gasteiger charge is 2.42. The van der Waals surface area contributed by atoms with E-state index in [1.54, 1.807) is 30.3 Å². The molecule has 4 aromatic carbocycles. The molecule has 2 amide bonds. The monoisotopic (exact) mass is 456 g/mol. The number of amides is 2. The number of hydrogen-bond donors (Lipinski definition) is 1. The van der Waals surface area contributed by atoms with Gasteiger partial charge in [-0.05, 0) is 29.7 Å². The SMILES string of the molecule is COc1ccccc1C1=C(Nc2cccc3ccccc23)C(=O)N(c2ccc(F)cc2F)C1=O. The minimum Gasteiger partial charge on any atom is -0.496 e. The molecule has 5 rings (SSSR count). The van der Waals surface area contributed by atoms with E-state index >= 15 is 0 Å². The zero-order valence-corrected chi connectivity index (χ0v) is 18.0. The lowest BCUT2D eigenvalue weighted by Gasteiger charge is -2.16. The summed E-state index contributed by atoms with van der Waals surface area (Å²) in [6, 6.07) is 22.6. The van der Waals surface area contributed by atoms with E-state index in [0.29, 0.717) is 28.0 Å². The Morgan fingerprint density at radius 2 is 1.56 bits per heavy atom. The smallest absolute Gasteiger partial charge is 0.282 e. The zero-order valence-electron chi connectivity index (χ0n) is 18.0. The van der Waals surface area contributed by atoms with Gasteiger partial charge < -0.3 is 10.1 Å². The first-order valence-electron chi connectivity index (χ1n) is 10.5. The molecule has 34 heavy (non-hydrogen) atoms. The van der Waals surface area contributed by atoms with Crippen molar-refractivity contribution >= 4 is 39.5 Å². The molecule has 4 aromatic rings. The Morgan fingerprint density at radius 1 is 0.824 bits per heavy atom. The third-order valence-corrected chi connectivity index (χ3v) is 5.66. The Balaban J connectivity index is 1.70. The van der Waals surface area contributed by atoms with Gasteiger partial charge in [0, 0.05) is 22.7 Å². The van der Waals surface area contributed by atoms with E-state index in [1.165, 1.54) is 7.11 Å². The molecule has 168 valence electrons. The molecule has 5 nitrogen and oxygen atoms in total. The molecule has 0 unspecified atom stereocenters. The van der Waals surface area contributed by atoms with Crippen molar-refractivity contribution < 1.29 is 23.1 Å². The number of nitrogens with one attached hydrogen (secondary N) is 1. The largest absolute Gasteiger partial charge is 0.496 e. The second-order valence-electron chi connectivity index (χ2n) is 7.64. The van der Waals surface area contributed by atoms with E-state index in [9.17, 15) is 18.4 Å². The van der Waals surface area contributed by atoms with Crippen molar-refractivity contribution in [2.24, 2.45) is 0 Å². The summed E-state index contributed by atoms with van der Waals surface area (Å²) in [5.41, 5.74) is 0.631. The molecule has 0 saturated carbocycles. The Labute approximate surface area is 193 Å². The second kappa shape index (κ2) is 8.44. The van der Waals surface area contributed by atoms with Crippen LogP contribution < -0.4 is 15.0 Å². The van der Waals surface area contributed by atoms with Crippen LogP contribution in [0.15, 0.2) is 90.6 Å². The van der Waals surface area contributed by atoms with Gasteiger partial charge in [-0.1, -0.05) is 54.6 Å². The molecule has 1 N–H and O–H groups in total. The molecule has 0 spiro atoms. The summed E-state index contributed by atoms with van der Waals surface area (Å²) in [5.74, 6) is -2.97. The predicted octanol–water partition coefficient (Wildman–Crippen LogP) is 5.52. The average Bonchev–Trinajstić information content (AvgIpc) is 3.08. The summed E-state index contributed by atoms with van der Waals surface area (Å²) in [6.07, 6.45) is 0. The van der Waals surface area contributed by atoms with Crippen LogP contribution in [0.5, 0.6) is 5.75 Å². The number of rotatable bonds is 5. The van der Waals surface area contributed by atoms with E-state index in [2.05, 4.69) is 5.32 Å². The molecular weight excluding hydrogens is 438 g/mol. The maximum Gasteiger partial charge on any atom is 0.282 e. The molecule has 0 bridgehead atoms. The molecule has 0 fully saturated rings. The lowest BCUT2D eigenvalue weighted by atomic mass is 10.0. The topological polar surface area (TPSA) is 58.6 Å². The molecule has 0 aromatic heterocycles. The fourth-order valence-corrected chi connectivity index (χ4v) is 4.10. The summed E-state index contributed by atoms with van der Waals surface area (Å²) >= 11 is 0. The molecule has 0 aliphatic carbocycles. The number of carbonyl (C=O) groups is 2. The highest BCUT2D eigenvalue weighted by atomic mass is 19.1. The van der Waals surface area contributed by atoms with Crippen molar-refractivity contribution in [3.05, 3.63) is 108 Å². The van der Waals surface area contributed by atoms with Gasteiger partial charge in [0.05, 0.1) is 18.4 Å². The quantitative estimate of drug-likeness (QED) is 0.402. The number of carbonyl (C=O) groups excluding carboxylic acids is 2. The molecule has 1 aliphatic heterocycles. The van der Waals surface area contributed by atoms with Crippen molar-refractivity contribution in [1.29, 1.82) is 0 Å². The summed E-state index contributed by atoms with van der Waals surface area (Å²) in [7, 11) is 1.45. The van der Waals surface area contributed by atoms with Gasteiger partial charge in [-0.15, -0.1) is 0 Å². The molecule has 0 atom stereocenters. The Morgan fingerprint density at radius 3 is 2.35 bits per heavy atom. The van der Waals surface area contributed by atoms with Gasteiger partial charge in [-0.25, -0.2) is 13.7 Å². The van der Waals surface area contributed by atoms with E-state index in [4.69, 9.17) is 4.74 Å². The molecule has 0 saturated heterocycles. The van der Waals surface area contributed by atoms with Crippen molar-refractivity contribution in [3.63, 3.8) is 0 Å². The molecule has 7 heteroatoms. The number of hydrogen-bond acceptors (Lipinski definition) is 4. The van der Waals surface area contributed by atoms with E-state index < -0.39 is 23.4 Å². The van der Waals surface area contributed by atoms with Crippen LogP contribution in [0.2, 0.25) is 0 Å². The van der Waals surface area contributed by atoms with E-state index in [0.717, 1.165) is 22.9 Å². The van der Waals surface area contributed by atoms with Crippen LogP contribution in [0.1, 0.15) is 5.56 Å². The van der Waals surface area contributed by atoms with Crippen LogP contribution in [-0.2, 0) is 9.59 Å². The van der Waals surface area contributed by atoms with Crippen LogP contribution in [0.3, 0.4) is 0 Å². The number of imide groups is 1. The fraction of sp³-hybridized carbons (Fsp3) is 0.0370. The molecule has 1 heterocycles. The predicted molar refractivity (Wildman–Crippen MR) is 126 cm³/mol. The third-order valence-electron chi connectivity index (χ3n) is 5.66. The van der Waals surface area contributed by atoms with Gasteiger partial charge in [-0.3, -0.25) is 9.59 Å². The van der Waals surface area contributed by atoms with Crippen LogP contribution in [0.4, 0.5) is 20.2 Å². The van der Waals surface area contributed by atoms with Crippen LogP contribution in [-0.4, -0.2) is 18.9 Å². The normalized spacial score (nSPS) is 13.7. The van der Waals surface area contributed by atoms with Gasteiger partial charge in [0.25, 0.3) is 11.8 Å². The Bertz CT molecular complexity index is 1490.